The maximum atomic E-state index is 3.66. The molecule has 1 spiro atoms. The molecular weight excluding hydrogens is 220 g/mol. The third kappa shape index (κ3) is 2.75. The number of hydrogen-bond acceptors (Lipinski definition) is 2. The highest BCUT2D eigenvalue weighted by Gasteiger charge is 2.37. The van der Waals surface area contributed by atoms with Crippen molar-refractivity contribution in [1.82, 2.24) is 10.2 Å². The van der Waals surface area contributed by atoms with Gasteiger partial charge in [-0.3, -0.25) is 4.90 Å². The van der Waals surface area contributed by atoms with E-state index in [9.17, 15) is 0 Å². The molecule has 0 aromatic heterocycles. The first-order valence-corrected chi connectivity index (χ1v) is 8.25. The molecule has 104 valence electrons. The molecule has 2 heteroatoms. The molecule has 2 aliphatic heterocycles. The van der Waals surface area contributed by atoms with Gasteiger partial charge in [-0.25, -0.2) is 0 Å². The molecule has 0 aromatic rings. The molecule has 1 aliphatic carbocycles. The first-order valence-electron chi connectivity index (χ1n) is 8.25. The summed E-state index contributed by atoms with van der Waals surface area (Å²) < 4.78 is 0. The topological polar surface area (TPSA) is 15.3 Å². The SMILES string of the molecule is CC1CCC(N2CCC3(CCCCC3)CC2)CN1. The lowest BCUT2D eigenvalue weighted by Gasteiger charge is -2.47. The predicted molar refractivity (Wildman–Crippen MR) is 76.8 cm³/mol. The van der Waals surface area contributed by atoms with Crippen molar-refractivity contribution in [2.24, 2.45) is 5.41 Å². The van der Waals surface area contributed by atoms with Crippen LogP contribution in [-0.4, -0.2) is 36.6 Å². The van der Waals surface area contributed by atoms with Gasteiger partial charge in [0.05, 0.1) is 0 Å². The average Bonchev–Trinajstić information content (AvgIpc) is 2.42. The summed E-state index contributed by atoms with van der Waals surface area (Å²) in [6.07, 6.45) is 13.3. The second-order valence-corrected chi connectivity index (χ2v) is 7.14. The monoisotopic (exact) mass is 250 g/mol. The molecular formula is C16H30N2. The van der Waals surface area contributed by atoms with Gasteiger partial charge in [0, 0.05) is 18.6 Å². The largest absolute Gasteiger partial charge is 0.313 e. The van der Waals surface area contributed by atoms with Crippen molar-refractivity contribution in [2.45, 2.75) is 76.8 Å². The smallest absolute Gasteiger partial charge is 0.0221 e. The van der Waals surface area contributed by atoms with Crippen LogP contribution in [-0.2, 0) is 0 Å². The van der Waals surface area contributed by atoms with E-state index >= 15 is 0 Å². The summed E-state index contributed by atoms with van der Waals surface area (Å²) >= 11 is 0. The van der Waals surface area contributed by atoms with Gasteiger partial charge in [0.1, 0.15) is 0 Å². The lowest BCUT2D eigenvalue weighted by molar-refractivity contribution is 0.0361. The number of piperidine rings is 2. The van der Waals surface area contributed by atoms with E-state index < -0.39 is 0 Å². The van der Waals surface area contributed by atoms with Crippen LogP contribution in [0.3, 0.4) is 0 Å². The zero-order chi connectivity index (χ0) is 12.4. The fraction of sp³-hybridized carbons (Fsp3) is 1.00. The summed E-state index contributed by atoms with van der Waals surface area (Å²) in [6, 6.07) is 1.58. The quantitative estimate of drug-likeness (QED) is 0.769. The molecule has 0 amide bonds. The summed E-state index contributed by atoms with van der Waals surface area (Å²) in [5.41, 5.74) is 0.768. The molecule has 2 unspecified atom stereocenters. The first-order chi connectivity index (χ1) is 8.77. The molecule has 3 aliphatic rings. The zero-order valence-electron chi connectivity index (χ0n) is 12.1. The summed E-state index contributed by atoms with van der Waals surface area (Å²) in [5, 5.41) is 3.66. The molecule has 2 saturated heterocycles. The van der Waals surface area contributed by atoms with Crippen LogP contribution < -0.4 is 5.32 Å². The Bertz CT molecular complexity index is 252. The van der Waals surface area contributed by atoms with Crippen molar-refractivity contribution in [3.63, 3.8) is 0 Å². The molecule has 2 nitrogen and oxygen atoms in total. The maximum absolute atomic E-state index is 3.66. The van der Waals surface area contributed by atoms with Crippen LogP contribution in [0.25, 0.3) is 0 Å². The number of nitrogens with zero attached hydrogens (tertiary/aromatic N) is 1. The minimum atomic E-state index is 0.746. The van der Waals surface area contributed by atoms with Crippen LogP contribution in [0, 0.1) is 5.41 Å². The van der Waals surface area contributed by atoms with E-state index in [1.165, 1.54) is 77.4 Å². The molecule has 2 heterocycles. The number of hydrogen-bond donors (Lipinski definition) is 1. The molecule has 3 rings (SSSR count). The standard InChI is InChI=1S/C16H30N2/c1-14-5-6-15(13-17-14)18-11-9-16(10-12-18)7-3-2-4-8-16/h14-15,17H,2-13H2,1H3. The molecule has 0 aromatic carbocycles. The van der Waals surface area contributed by atoms with Crippen molar-refractivity contribution in [3.8, 4) is 0 Å². The van der Waals surface area contributed by atoms with E-state index in [4.69, 9.17) is 0 Å². The Morgan fingerprint density at radius 3 is 2.28 bits per heavy atom. The van der Waals surface area contributed by atoms with Gasteiger partial charge in [-0.2, -0.15) is 0 Å². The first kappa shape index (κ1) is 12.9. The zero-order valence-corrected chi connectivity index (χ0v) is 12.1. The Balaban J connectivity index is 1.50. The lowest BCUT2D eigenvalue weighted by atomic mass is 9.68. The second kappa shape index (κ2) is 5.50. The van der Waals surface area contributed by atoms with Gasteiger partial charge in [-0.05, 0) is 64.0 Å². The van der Waals surface area contributed by atoms with Gasteiger partial charge < -0.3 is 5.32 Å². The van der Waals surface area contributed by atoms with Crippen LogP contribution in [0.2, 0.25) is 0 Å². The third-order valence-electron chi connectivity index (χ3n) is 5.92. The Morgan fingerprint density at radius 1 is 0.944 bits per heavy atom. The summed E-state index contributed by atoms with van der Waals surface area (Å²) in [7, 11) is 0. The minimum absolute atomic E-state index is 0.746. The highest BCUT2D eigenvalue weighted by atomic mass is 15.2. The van der Waals surface area contributed by atoms with Gasteiger partial charge >= 0.3 is 0 Å². The lowest BCUT2D eigenvalue weighted by Crippen LogP contribution is -2.52. The van der Waals surface area contributed by atoms with Crippen molar-refractivity contribution in [1.29, 1.82) is 0 Å². The number of likely N-dealkylation sites (tertiary alicyclic amines) is 1. The Labute approximate surface area is 113 Å². The number of nitrogens with one attached hydrogen (secondary N) is 1. The van der Waals surface area contributed by atoms with Crippen molar-refractivity contribution in [3.05, 3.63) is 0 Å². The fourth-order valence-corrected chi connectivity index (χ4v) is 4.46. The van der Waals surface area contributed by atoms with Gasteiger partial charge in [-0.15, -0.1) is 0 Å². The van der Waals surface area contributed by atoms with Crippen molar-refractivity contribution in [2.75, 3.05) is 19.6 Å². The molecule has 18 heavy (non-hydrogen) atoms. The van der Waals surface area contributed by atoms with Gasteiger partial charge in [0.25, 0.3) is 0 Å². The summed E-state index contributed by atoms with van der Waals surface area (Å²) in [5.74, 6) is 0. The van der Waals surface area contributed by atoms with Crippen LogP contribution in [0.4, 0.5) is 0 Å². The third-order valence-corrected chi connectivity index (χ3v) is 5.92. The van der Waals surface area contributed by atoms with Crippen LogP contribution in [0.5, 0.6) is 0 Å². The van der Waals surface area contributed by atoms with Gasteiger partial charge in [0.15, 0.2) is 0 Å². The molecule has 3 fully saturated rings. The highest BCUT2D eigenvalue weighted by molar-refractivity contribution is 4.91. The minimum Gasteiger partial charge on any atom is -0.313 e. The Kier molecular flexibility index (Phi) is 3.95. The molecule has 1 saturated carbocycles. The van der Waals surface area contributed by atoms with Crippen LogP contribution in [0.15, 0.2) is 0 Å². The van der Waals surface area contributed by atoms with E-state index in [-0.39, 0.29) is 0 Å². The molecule has 0 radical (unpaired) electrons. The highest BCUT2D eigenvalue weighted by Crippen LogP contribution is 2.44. The van der Waals surface area contributed by atoms with Gasteiger partial charge in [-0.1, -0.05) is 19.3 Å². The van der Waals surface area contributed by atoms with E-state index in [0.29, 0.717) is 0 Å². The van der Waals surface area contributed by atoms with Crippen LogP contribution in [0.1, 0.15) is 64.7 Å². The molecule has 2 atom stereocenters. The van der Waals surface area contributed by atoms with Crippen molar-refractivity contribution < 1.29 is 0 Å². The number of rotatable bonds is 1. The Hall–Kier alpha value is -0.0800. The van der Waals surface area contributed by atoms with Crippen LogP contribution >= 0.6 is 0 Å². The summed E-state index contributed by atoms with van der Waals surface area (Å²) in [6.45, 7) is 6.30. The Morgan fingerprint density at radius 2 is 1.67 bits per heavy atom. The maximum Gasteiger partial charge on any atom is 0.0221 e. The summed E-state index contributed by atoms with van der Waals surface area (Å²) in [4.78, 5) is 2.79. The van der Waals surface area contributed by atoms with E-state index in [1.54, 1.807) is 0 Å². The fourth-order valence-electron chi connectivity index (χ4n) is 4.46. The van der Waals surface area contributed by atoms with E-state index in [2.05, 4.69) is 17.1 Å². The van der Waals surface area contributed by atoms with E-state index in [1.807, 2.05) is 0 Å². The van der Waals surface area contributed by atoms with Gasteiger partial charge in [0.2, 0.25) is 0 Å². The average molecular weight is 250 g/mol. The van der Waals surface area contributed by atoms with E-state index in [0.717, 1.165) is 17.5 Å². The predicted octanol–water partition coefficient (Wildman–Crippen LogP) is 3.17. The van der Waals surface area contributed by atoms with Crippen molar-refractivity contribution >= 4 is 0 Å². The molecule has 1 N–H and O–H groups in total. The molecule has 0 bridgehead atoms. The normalized spacial score (nSPS) is 37.8. The second-order valence-electron chi connectivity index (χ2n) is 7.14.